The van der Waals surface area contributed by atoms with E-state index in [1.165, 1.54) is 5.57 Å². The maximum Gasteiger partial charge on any atom is 0.238 e. The third kappa shape index (κ3) is 8.20. The summed E-state index contributed by atoms with van der Waals surface area (Å²) in [7, 11) is 1.85. The predicted octanol–water partition coefficient (Wildman–Crippen LogP) is 4.18. The SMILES string of the molecule is C=C/C=C(\C=C(/N)OC(C)C)c1n[nH]c2c1CC(NC(=O)[C@]1(SC)CCN(CC(=O)N3CC=C(c4ccc(-c5ncn(C)n5)cc4)CC3)C1)C=C2. The maximum atomic E-state index is 13.9. The number of H-pyrrole nitrogens is 1. The summed E-state index contributed by atoms with van der Waals surface area (Å²) in [6.45, 7) is 10.4. The van der Waals surface area contributed by atoms with Crippen molar-refractivity contribution in [3.8, 4) is 11.4 Å². The van der Waals surface area contributed by atoms with Crippen LogP contribution in [0.5, 0.6) is 0 Å². The van der Waals surface area contributed by atoms with Gasteiger partial charge in [-0.1, -0.05) is 55.1 Å². The van der Waals surface area contributed by atoms with Crippen molar-refractivity contribution < 1.29 is 14.3 Å². The number of aromatic amines is 1. The van der Waals surface area contributed by atoms with Crippen molar-refractivity contribution in [1.82, 2.24) is 40.1 Å². The quantitative estimate of drug-likeness (QED) is 0.186. The number of carbonyl (C=O) groups excluding carboxylic acids is 2. The fourth-order valence-corrected chi connectivity index (χ4v) is 7.69. The largest absolute Gasteiger partial charge is 0.477 e. The Morgan fingerprint density at radius 3 is 2.69 bits per heavy atom. The van der Waals surface area contributed by atoms with Crippen LogP contribution in [0.15, 0.2) is 73.4 Å². The monoisotopic (exact) mass is 709 g/mol. The van der Waals surface area contributed by atoms with Gasteiger partial charge in [0.25, 0.3) is 0 Å². The summed E-state index contributed by atoms with van der Waals surface area (Å²) >= 11 is 1.56. The zero-order valence-electron chi connectivity index (χ0n) is 29.8. The molecule has 1 aliphatic carbocycles. The average Bonchev–Trinajstić information content (AvgIpc) is 3.86. The van der Waals surface area contributed by atoms with E-state index >= 15 is 0 Å². The summed E-state index contributed by atoms with van der Waals surface area (Å²) in [5.74, 6) is 1.07. The summed E-state index contributed by atoms with van der Waals surface area (Å²) in [4.78, 5) is 35.7. The van der Waals surface area contributed by atoms with E-state index in [1.54, 1.807) is 34.9 Å². The Bertz CT molecular complexity index is 1890. The van der Waals surface area contributed by atoms with E-state index in [2.05, 4.69) is 55.3 Å². The third-order valence-corrected chi connectivity index (χ3v) is 10.8. The molecule has 2 aliphatic heterocycles. The van der Waals surface area contributed by atoms with Crippen molar-refractivity contribution in [3.63, 3.8) is 0 Å². The smallest absolute Gasteiger partial charge is 0.238 e. The molecule has 3 aliphatic rings. The number of likely N-dealkylation sites (tertiary alicyclic amines) is 1. The number of ether oxygens (including phenoxy) is 1. The number of rotatable bonds is 12. The van der Waals surface area contributed by atoms with Crippen molar-refractivity contribution in [1.29, 1.82) is 0 Å². The van der Waals surface area contributed by atoms with E-state index < -0.39 is 4.75 Å². The molecule has 0 radical (unpaired) electrons. The minimum Gasteiger partial charge on any atom is -0.477 e. The van der Waals surface area contributed by atoms with Crippen molar-refractivity contribution >= 4 is 40.8 Å². The highest BCUT2D eigenvalue weighted by Crippen LogP contribution is 2.35. The van der Waals surface area contributed by atoms with Crippen LogP contribution in [0, 0.1) is 0 Å². The van der Waals surface area contributed by atoms with Crippen LogP contribution in [0.1, 0.15) is 49.2 Å². The normalized spacial score (nSPS) is 21.1. The first kappa shape index (κ1) is 35.9. The van der Waals surface area contributed by atoms with Gasteiger partial charge in [0.15, 0.2) is 11.7 Å². The number of nitrogens with one attached hydrogen (secondary N) is 2. The molecule has 1 aromatic carbocycles. The van der Waals surface area contributed by atoms with Crippen molar-refractivity contribution in [3.05, 3.63) is 95.9 Å². The Hall–Kier alpha value is -4.88. The molecule has 2 amide bonds. The van der Waals surface area contributed by atoms with Crippen LogP contribution in [0.2, 0.25) is 0 Å². The van der Waals surface area contributed by atoms with Gasteiger partial charge < -0.3 is 20.7 Å². The van der Waals surface area contributed by atoms with Crippen LogP contribution in [0.25, 0.3) is 28.6 Å². The molecule has 1 unspecified atom stereocenters. The van der Waals surface area contributed by atoms with Crippen LogP contribution in [-0.2, 0) is 27.8 Å². The molecule has 13 heteroatoms. The number of hydrogen-bond acceptors (Lipinski definition) is 9. The molecule has 0 spiro atoms. The van der Waals surface area contributed by atoms with Gasteiger partial charge in [-0.15, -0.1) is 11.8 Å². The van der Waals surface area contributed by atoms with Crippen molar-refractivity contribution in [2.45, 2.75) is 50.0 Å². The number of benzene rings is 1. The Morgan fingerprint density at radius 1 is 1.24 bits per heavy atom. The molecular weight excluding hydrogens is 663 g/mol. The molecule has 51 heavy (non-hydrogen) atoms. The Labute approximate surface area is 303 Å². The number of nitrogens with two attached hydrogens (primary N) is 1. The first-order valence-corrected chi connectivity index (χ1v) is 18.5. The first-order valence-electron chi connectivity index (χ1n) is 17.3. The number of carbonyl (C=O) groups is 2. The molecular formula is C38H47N9O3S. The van der Waals surface area contributed by atoms with Crippen LogP contribution in [0.3, 0.4) is 0 Å². The van der Waals surface area contributed by atoms with Crippen LogP contribution < -0.4 is 11.1 Å². The fraction of sp³-hybridized carbons (Fsp3) is 0.395. The molecule has 4 heterocycles. The summed E-state index contributed by atoms with van der Waals surface area (Å²) < 4.78 is 6.70. The molecule has 0 saturated carbocycles. The van der Waals surface area contributed by atoms with Crippen molar-refractivity contribution in [2.24, 2.45) is 12.8 Å². The second-order valence-electron chi connectivity index (χ2n) is 13.5. The lowest BCUT2D eigenvalue weighted by Crippen LogP contribution is -2.50. The van der Waals surface area contributed by atoms with E-state index in [-0.39, 0.29) is 24.0 Å². The van der Waals surface area contributed by atoms with Crippen molar-refractivity contribution in [2.75, 3.05) is 39.0 Å². The van der Waals surface area contributed by atoms with Gasteiger partial charge in [-0.2, -0.15) is 10.2 Å². The van der Waals surface area contributed by atoms with E-state index in [9.17, 15) is 9.59 Å². The zero-order chi connectivity index (χ0) is 36.1. The minimum atomic E-state index is -0.640. The summed E-state index contributed by atoms with van der Waals surface area (Å²) in [5.41, 5.74) is 12.9. The van der Waals surface area contributed by atoms with Gasteiger partial charge >= 0.3 is 0 Å². The third-order valence-electron chi connectivity index (χ3n) is 9.52. The molecule has 2 atom stereocenters. The Balaban J connectivity index is 1.03. The standard InChI is InChI=1S/C38H47N9O3S/c1-6-7-29(20-33(39)50-25(2)3)35-31-21-30(12-13-32(31)42-43-35)41-37(49)38(51-5)16-19-46(23-38)22-34(48)47-17-14-27(15-18-47)26-8-10-28(11-9-26)36-40-24-45(4)44-36/h6-14,20,24-25,30H,1,15-19,21-23,39H2,2-5H3,(H,41,49)(H,42,43)/b29-7+,33-20+/t30?,38-/m0/s1. The molecule has 4 N–H and O–H groups in total. The topological polar surface area (TPSA) is 147 Å². The number of aryl methyl sites for hydroxylation is 1. The van der Waals surface area contributed by atoms with Crippen LogP contribution >= 0.6 is 11.8 Å². The number of allylic oxidation sites excluding steroid dienone is 4. The number of hydrogen-bond donors (Lipinski definition) is 3. The maximum absolute atomic E-state index is 13.9. The van der Waals surface area contributed by atoms with Gasteiger partial charge in [-0.25, -0.2) is 4.98 Å². The molecule has 3 aromatic rings. The summed E-state index contributed by atoms with van der Waals surface area (Å²) in [5, 5.41) is 15.3. The van der Waals surface area contributed by atoms with Gasteiger partial charge in [0.1, 0.15) is 11.1 Å². The lowest BCUT2D eigenvalue weighted by molar-refractivity contribution is -0.132. The molecule has 2 aromatic heterocycles. The number of aromatic nitrogens is 5. The number of amides is 2. The number of nitrogens with zero attached hydrogens (tertiary/aromatic N) is 6. The first-order chi connectivity index (χ1) is 24.6. The van der Waals surface area contributed by atoms with E-state index in [4.69, 9.17) is 10.5 Å². The van der Waals surface area contributed by atoms with E-state index in [0.717, 1.165) is 40.1 Å². The second-order valence-corrected chi connectivity index (χ2v) is 14.7. The lowest BCUT2D eigenvalue weighted by Gasteiger charge is -2.30. The summed E-state index contributed by atoms with van der Waals surface area (Å²) in [6.07, 6.45) is 17.0. The molecule has 12 nitrogen and oxygen atoms in total. The van der Waals surface area contributed by atoms with Crippen LogP contribution in [-0.4, -0.2) is 102 Å². The van der Waals surface area contributed by atoms with E-state index in [1.807, 2.05) is 62.4 Å². The molecule has 6 rings (SSSR count). The zero-order valence-corrected chi connectivity index (χ0v) is 30.6. The highest BCUT2D eigenvalue weighted by molar-refractivity contribution is 8.00. The molecule has 1 fully saturated rings. The fourth-order valence-electron chi connectivity index (χ4n) is 6.83. The van der Waals surface area contributed by atoms with Gasteiger partial charge in [-0.3, -0.25) is 24.3 Å². The van der Waals surface area contributed by atoms with Gasteiger partial charge in [0, 0.05) is 62.4 Å². The second kappa shape index (κ2) is 15.6. The molecule has 0 bridgehead atoms. The number of fused-ring (bicyclic) bond motifs is 1. The molecule has 1 saturated heterocycles. The highest BCUT2D eigenvalue weighted by atomic mass is 32.2. The van der Waals surface area contributed by atoms with Gasteiger partial charge in [0.2, 0.25) is 11.8 Å². The Kier molecular flexibility index (Phi) is 11.0. The lowest BCUT2D eigenvalue weighted by atomic mass is 9.94. The minimum absolute atomic E-state index is 0.0141. The van der Waals surface area contributed by atoms with Gasteiger partial charge in [0.05, 0.1) is 30.1 Å². The summed E-state index contributed by atoms with van der Waals surface area (Å²) in [6, 6.07) is 8.06. The average molecular weight is 710 g/mol. The van der Waals surface area contributed by atoms with Crippen LogP contribution in [0.4, 0.5) is 0 Å². The Morgan fingerprint density at radius 2 is 2.02 bits per heavy atom. The predicted molar refractivity (Wildman–Crippen MR) is 203 cm³/mol. The highest BCUT2D eigenvalue weighted by Gasteiger charge is 2.45. The molecule has 268 valence electrons. The van der Waals surface area contributed by atoms with Gasteiger partial charge in [-0.05, 0) is 50.2 Å². The van der Waals surface area contributed by atoms with E-state index in [0.29, 0.717) is 57.3 Å². The number of thioether (sulfide) groups is 1.